The third kappa shape index (κ3) is 7.91. The Balaban J connectivity index is 1.96. The molecule has 1 aromatic carbocycles. The SMILES string of the molecule is CC(C)C(=NC1CCC(C(=O)O)CC1)C(C=N)C(=O)N(CC(=O)c1c(Cl)cncc1Cl)Cc1cc(F)cc(F)c1. The third-order valence-corrected chi connectivity index (χ3v) is 7.37. The number of nitrogens with one attached hydrogen (secondary N) is 1. The van der Waals surface area contributed by atoms with Crippen LogP contribution in [-0.4, -0.2) is 57.2 Å². The Bertz CT molecular complexity index is 1270. The van der Waals surface area contributed by atoms with Crippen molar-refractivity contribution in [3.63, 3.8) is 0 Å². The van der Waals surface area contributed by atoms with Gasteiger partial charge in [0.15, 0.2) is 5.78 Å². The molecule has 1 aliphatic carbocycles. The first-order valence-electron chi connectivity index (χ1n) is 12.8. The Morgan fingerprint density at radius 1 is 1.10 bits per heavy atom. The molecule has 0 spiro atoms. The standard InChI is InChI=1S/C28H30Cl2F2N4O4/c1-15(2)26(35-20-5-3-17(4-6-20)28(39)40)21(10-33)27(38)36(13-16-7-18(31)9-19(32)8-16)14-24(37)25-22(29)11-34-12-23(25)30/h7-12,15,17,20-21,33H,3-6,13-14H2,1-2H3,(H,39,40). The minimum absolute atomic E-state index is 0.0216. The van der Waals surface area contributed by atoms with Crippen LogP contribution in [0.5, 0.6) is 0 Å². The predicted molar refractivity (Wildman–Crippen MR) is 148 cm³/mol. The largest absolute Gasteiger partial charge is 0.481 e. The first-order chi connectivity index (χ1) is 18.9. The van der Waals surface area contributed by atoms with Crippen LogP contribution in [0, 0.1) is 34.8 Å². The van der Waals surface area contributed by atoms with Crippen molar-refractivity contribution in [1.29, 1.82) is 5.41 Å². The quantitative estimate of drug-likeness (QED) is 0.248. The molecule has 2 aromatic rings. The number of hydrogen-bond acceptors (Lipinski definition) is 6. The zero-order valence-electron chi connectivity index (χ0n) is 22.0. The molecule has 1 atom stereocenters. The molecule has 1 fully saturated rings. The second-order valence-corrected chi connectivity index (χ2v) is 10.9. The lowest BCUT2D eigenvalue weighted by atomic mass is 9.85. The number of aliphatic carboxylic acids is 1. The third-order valence-electron chi connectivity index (χ3n) is 6.79. The zero-order valence-corrected chi connectivity index (χ0v) is 23.6. The smallest absolute Gasteiger partial charge is 0.306 e. The van der Waals surface area contributed by atoms with Crippen LogP contribution in [0.15, 0.2) is 35.6 Å². The number of pyridine rings is 1. The van der Waals surface area contributed by atoms with E-state index in [1.807, 2.05) is 13.8 Å². The average molecular weight is 595 g/mol. The van der Waals surface area contributed by atoms with Gasteiger partial charge in [-0.2, -0.15) is 0 Å². The molecule has 1 heterocycles. The van der Waals surface area contributed by atoms with Crippen LogP contribution >= 0.6 is 23.2 Å². The van der Waals surface area contributed by atoms with E-state index in [0.29, 0.717) is 37.5 Å². The number of carbonyl (C=O) groups is 3. The lowest BCUT2D eigenvalue weighted by Crippen LogP contribution is -2.44. The summed E-state index contributed by atoms with van der Waals surface area (Å²) in [5.74, 6) is -5.69. The van der Waals surface area contributed by atoms with E-state index in [0.717, 1.165) is 23.2 Å². The Morgan fingerprint density at radius 3 is 2.17 bits per heavy atom. The number of aliphatic imine (C=N–C) groups is 1. The summed E-state index contributed by atoms with van der Waals surface area (Å²) in [5, 5.41) is 17.3. The normalized spacial score (nSPS) is 18.3. The molecule has 0 aliphatic heterocycles. The van der Waals surface area contributed by atoms with Gasteiger partial charge >= 0.3 is 5.97 Å². The Labute approximate surface area is 240 Å². The van der Waals surface area contributed by atoms with Gasteiger partial charge in [-0.25, -0.2) is 8.78 Å². The molecular formula is C28H30Cl2F2N4O4. The molecule has 0 saturated heterocycles. The van der Waals surface area contributed by atoms with Gasteiger partial charge in [0.2, 0.25) is 5.91 Å². The number of hydrogen-bond donors (Lipinski definition) is 2. The van der Waals surface area contributed by atoms with Crippen LogP contribution < -0.4 is 0 Å². The Kier molecular flexibility index (Phi) is 10.9. The highest BCUT2D eigenvalue weighted by Crippen LogP contribution is 2.28. The molecule has 1 amide bonds. The van der Waals surface area contributed by atoms with Gasteiger partial charge < -0.3 is 15.4 Å². The van der Waals surface area contributed by atoms with Crippen molar-refractivity contribution in [1.82, 2.24) is 9.88 Å². The van der Waals surface area contributed by atoms with Gasteiger partial charge in [0.25, 0.3) is 0 Å². The predicted octanol–water partition coefficient (Wildman–Crippen LogP) is 5.88. The number of carboxylic acids is 1. The van der Waals surface area contributed by atoms with Gasteiger partial charge in [0.1, 0.15) is 17.6 Å². The number of carboxylic acid groups (broad SMARTS) is 1. The zero-order chi connectivity index (χ0) is 29.6. The summed E-state index contributed by atoms with van der Waals surface area (Å²) in [6.07, 6.45) is 5.36. The second kappa shape index (κ2) is 13.9. The maximum absolute atomic E-state index is 14.0. The van der Waals surface area contributed by atoms with E-state index in [4.69, 9.17) is 33.6 Å². The molecule has 12 heteroatoms. The molecule has 1 aliphatic rings. The Hall–Kier alpha value is -3.24. The summed E-state index contributed by atoms with van der Waals surface area (Å²) >= 11 is 12.3. The summed E-state index contributed by atoms with van der Waals surface area (Å²) in [6, 6.07) is 2.58. The molecular weight excluding hydrogens is 565 g/mol. The van der Waals surface area contributed by atoms with Crippen LogP contribution in [0.2, 0.25) is 10.0 Å². The van der Waals surface area contributed by atoms with Gasteiger partial charge in [-0.3, -0.25) is 24.4 Å². The van der Waals surface area contributed by atoms with Crippen molar-refractivity contribution in [2.24, 2.45) is 22.7 Å². The van der Waals surface area contributed by atoms with Crippen LogP contribution in [0.25, 0.3) is 0 Å². The Morgan fingerprint density at radius 2 is 1.68 bits per heavy atom. The average Bonchev–Trinajstić information content (AvgIpc) is 2.87. The van der Waals surface area contributed by atoms with Gasteiger partial charge in [-0.1, -0.05) is 37.0 Å². The summed E-state index contributed by atoms with van der Waals surface area (Å²) in [5.41, 5.74) is 0.451. The number of benzene rings is 1. The number of ketones is 1. The highest BCUT2D eigenvalue weighted by atomic mass is 35.5. The van der Waals surface area contributed by atoms with Gasteiger partial charge in [-0.05, 0) is 49.3 Å². The van der Waals surface area contributed by atoms with E-state index in [1.165, 1.54) is 12.4 Å². The van der Waals surface area contributed by atoms with Crippen LogP contribution in [0.1, 0.15) is 55.5 Å². The molecule has 40 heavy (non-hydrogen) atoms. The number of aromatic nitrogens is 1. The highest BCUT2D eigenvalue weighted by molar-refractivity contribution is 6.39. The topological polar surface area (TPSA) is 124 Å². The van der Waals surface area contributed by atoms with Crippen molar-refractivity contribution >= 4 is 52.8 Å². The van der Waals surface area contributed by atoms with Crippen molar-refractivity contribution in [3.05, 3.63) is 63.4 Å². The number of rotatable bonds is 11. The maximum atomic E-state index is 14.0. The highest BCUT2D eigenvalue weighted by Gasteiger charge is 2.33. The minimum Gasteiger partial charge on any atom is -0.481 e. The van der Waals surface area contributed by atoms with Crippen molar-refractivity contribution < 1.29 is 28.3 Å². The number of amides is 1. The van der Waals surface area contributed by atoms with Gasteiger partial charge in [-0.15, -0.1) is 0 Å². The molecule has 1 unspecified atom stereocenters. The van der Waals surface area contributed by atoms with Gasteiger partial charge in [0.05, 0.1) is 28.1 Å². The van der Waals surface area contributed by atoms with E-state index >= 15 is 0 Å². The number of carbonyl (C=O) groups excluding carboxylic acids is 2. The molecule has 1 saturated carbocycles. The number of Topliss-reactive ketones (excluding diaryl/α,β-unsaturated/α-hetero) is 1. The summed E-state index contributed by atoms with van der Waals surface area (Å²) in [4.78, 5) is 48.2. The fourth-order valence-corrected chi connectivity index (χ4v) is 5.37. The first-order valence-corrected chi connectivity index (χ1v) is 13.5. The molecule has 1 aromatic heterocycles. The monoisotopic (exact) mass is 594 g/mol. The van der Waals surface area contributed by atoms with Crippen molar-refractivity contribution in [2.45, 2.75) is 52.1 Å². The fraction of sp³-hybridized carbons (Fsp3) is 0.429. The van der Waals surface area contributed by atoms with Crippen LogP contribution in [0.4, 0.5) is 8.78 Å². The van der Waals surface area contributed by atoms with E-state index in [2.05, 4.69) is 4.98 Å². The summed E-state index contributed by atoms with van der Waals surface area (Å²) in [7, 11) is 0. The lowest BCUT2D eigenvalue weighted by Gasteiger charge is -2.29. The lowest BCUT2D eigenvalue weighted by molar-refractivity contribution is -0.142. The minimum atomic E-state index is -1.16. The first kappa shape index (κ1) is 31.3. The molecule has 0 bridgehead atoms. The molecule has 8 nitrogen and oxygen atoms in total. The summed E-state index contributed by atoms with van der Waals surface area (Å²) in [6.45, 7) is 2.76. The van der Waals surface area contributed by atoms with E-state index in [1.54, 1.807) is 0 Å². The molecule has 2 N–H and O–H groups in total. The molecule has 0 radical (unpaired) electrons. The fourth-order valence-electron chi connectivity index (χ4n) is 4.80. The van der Waals surface area contributed by atoms with Crippen LogP contribution in [0.3, 0.4) is 0 Å². The molecule has 3 rings (SSSR count). The van der Waals surface area contributed by atoms with Gasteiger partial charge in [0, 0.05) is 43.0 Å². The van der Waals surface area contributed by atoms with E-state index < -0.39 is 47.7 Å². The van der Waals surface area contributed by atoms with E-state index in [9.17, 15) is 28.3 Å². The molecule has 214 valence electrons. The van der Waals surface area contributed by atoms with Crippen molar-refractivity contribution in [3.8, 4) is 0 Å². The van der Waals surface area contributed by atoms with E-state index in [-0.39, 0.29) is 39.7 Å². The number of halogens is 4. The second-order valence-electron chi connectivity index (χ2n) is 10.1. The number of nitrogens with zero attached hydrogens (tertiary/aromatic N) is 3. The van der Waals surface area contributed by atoms with Crippen LogP contribution in [-0.2, 0) is 16.1 Å². The van der Waals surface area contributed by atoms with Crippen molar-refractivity contribution in [2.75, 3.05) is 6.54 Å². The maximum Gasteiger partial charge on any atom is 0.306 e. The summed E-state index contributed by atoms with van der Waals surface area (Å²) < 4.78 is 27.9.